The fourth-order valence-corrected chi connectivity index (χ4v) is 2.38. The lowest BCUT2D eigenvalue weighted by molar-refractivity contribution is 0.257. The molecule has 0 radical (unpaired) electrons. The van der Waals surface area contributed by atoms with Gasteiger partial charge in [0.2, 0.25) is 0 Å². The first kappa shape index (κ1) is 11.7. The van der Waals surface area contributed by atoms with E-state index in [1.165, 1.54) is 0 Å². The number of rotatable bonds is 1. The van der Waals surface area contributed by atoms with Crippen molar-refractivity contribution in [3.8, 4) is 5.75 Å². The van der Waals surface area contributed by atoms with Gasteiger partial charge >= 0.3 is 0 Å². The van der Waals surface area contributed by atoms with Crippen molar-refractivity contribution >= 4 is 22.6 Å². The van der Waals surface area contributed by atoms with Crippen molar-refractivity contribution in [3.05, 3.63) is 55.8 Å². The molecule has 1 aliphatic rings. The van der Waals surface area contributed by atoms with Crippen molar-refractivity contribution in [2.45, 2.75) is 12.3 Å². The fraction of sp³-hybridized carbons (Fsp3) is 0.231. The zero-order chi connectivity index (χ0) is 12.5. The average molecular weight is 354 g/mol. The molecule has 92 valence electrons. The predicted molar refractivity (Wildman–Crippen MR) is 76.0 cm³/mol. The summed E-state index contributed by atoms with van der Waals surface area (Å²) in [6.45, 7) is 0.556. The number of hydrogen-bond acceptors (Lipinski definition) is 3. The van der Waals surface area contributed by atoms with Crippen LogP contribution in [0.15, 0.2) is 35.3 Å². The molecule has 0 aliphatic carbocycles. The van der Waals surface area contributed by atoms with E-state index in [1.807, 2.05) is 46.9 Å². The highest BCUT2D eigenvalue weighted by Gasteiger charge is 2.22. The van der Waals surface area contributed by atoms with Gasteiger partial charge in [-0.25, -0.2) is 4.98 Å². The molecule has 1 aromatic heterocycles. The summed E-state index contributed by atoms with van der Waals surface area (Å²) < 4.78 is 6.30. The molecule has 0 saturated heterocycles. The molecule has 2 heterocycles. The van der Waals surface area contributed by atoms with Crippen LogP contribution in [0.3, 0.4) is 0 Å². The van der Waals surface area contributed by atoms with Crippen LogP contribution >= 0.6 is 22.6 Å². The van der Waals surface area contributed by atoms with E-state index >= 15 is 0 Å². The number of aromatic amines is 1. The first-order valence-electron chi connectivity index (χ1n) is 5.69. The summed E-state index contributed by atoms with van der Waals surface area (Å²) >= 11 is 1.97. The smallest absolute Gasteiger partial charge is 0.264 e. The Morgan fingerprint density at radius 1 is 1.39 bits per heavy atom. The molecule has 0 fully saturated rings. The van der Waals surface area contributed by atoms with Crippen molar-refractivity contribution in [2.24, 2.45) is 0 Å². The number of aromatic nitrogens is 2. The van der Waals surface area contributed by atoms with Gasteiger partial charge in [-0.15, -0.1) is 0 Å². The van der Waals surface area contributed by atoms with Crippen LogP contribution in [-0.2, 0) is 6.42 Å². The Labute approximate surface area is 118 Å². The highest BCUT2D eigenvalue weighted by molar-refractivity contribution is 14.1. The Morgan fingerprint density at radius 3 is 3.06 bits per heavy atom. The zero-order valence-electron chi connectivity index (χ0n) is 9.52. The molecule has 0 amide bonds. The lowest BCUT2D eigenvalue weighted by Crippen LogP contribution is -2.24. The summed E-state index contributed by atoms with van der Waals surface area (Å²) in [4.78, 5) is 18.7. The topological polar surface area (TPSA) is 55.0 Å². The number of benzene rings is 1. The minimum Gasteiger partial charge on any atom is -0.493 e. The van der Waals surface area contributed by atoms with Gasteiger partial charge < -0.3 is 9.72 Å². The number of nitrogens with zero attached hydrogens (tertiary/aromatic N) is 1. The van der Waals surface area contributed by atoms with Crippen molar-refractivity contribution < 1.29 is 4.74 Å². The maximum absolute atomic E-state index is 11.6. The summed E-state index contributed by atoms with van der Waals surface area (Å²) in [5.41, 5.74) is 1.08. The predicted octanol–water partition coefficient (Wildman–Crippen LogP) is 2.09. The van der Waals surface area contributed by atoms with E-state index in [-0.39, 0.29) is 11.5 Å². The molecule has 0 saturated carbocycles. The third kappa shape index (κ3) is 2.14. The Balaban J connectivity index is 1.92. The van der Waals surface area contributed by atoms with Crippen LogP contribution in [0, 0.1) is 3.57 Å². The van der Waals surface area contributed by atoms with E-state index < -0.39 is 0 Å². The zero-order valence-corrected chi connectivity index (χ0v) is 11.7. The molecule has 0 spiro atoms. The largest absolute Gasteiger partial charge is 0.493 e. The summed E-state index contributed by atoms with van der Waals surface area (Å²) in [5, 5.41) is 0. The molecule has 1 N–H and O–H groups in total. The van der Waals surface area contributed by atoms with Gasteiger partial charge in [0.05, 0.1) is 16.1 Å². The summed E-state index contributed by atoms with van der Waals surface area (Å²) in [6.07, 6.45) is 2.45. The first-order chi connectivity index (χ1) is 8.74. The molecule has 1 unspecified atom stereocenters. The lowest BCUT2D eigenvalue weighted by Gasteiger charge is -2.24. The van der Waals surface area contributed by atoms with E-state index in [4.69, 9.17) is 4.74 Å². The van der Waals surface area contributed by atoms with Crippen LogP contribution in [-0.4, -0.2) is 16.6 Å². The average Bonchev–Trinajstić information content (AvgIpc) is 2.41. The van der Waals surface area contributed by atoms with Crippen LogP contribution in [0.25, 0.3) is 0 Å². The van der Waals surface area contributed by atoms with Crippen molar-refractivity contribution in [2.75, 3.05) is 6.61 Å². The molecular weight excluding hydrogens is 343 g/mol. The van der Waals surface area contributed by atoms with Gasteiger partial charge in [0.15, 0.2) is 0 Å². The normalized spacial score (nSPS) is 17.9. The standard InChI is InChI=1S/C13H11IN2O2/c14-10-6-15-12(16-13(10)17)9-5-8-3-1-2-4-11(8)18-7-9/h1-4,6,9H,5,7H2,(H,15,16,17). The molecule has 18 heavy (non-hydrogen) atoms. The number of ether oxygens (including phenoxy) is 1. The van der Waals surface area contributed by atoms with Crippen LogP contribution in [0.2, 0.25) is 0 Å². The van der Waals surface area contributed by atoms with E-state index in [0.717, 1.165) is 17.7 Å². The number of hydrogen-bond donors (Lipinski definition) is 1. The summed E-state index contributed by atoms with van der Waals surface area (Å²) in [6, 6.07) is 7.97. The second-order valence-electron chi connectivity index (χ2n) is 4.27. The molecule has 1 aromatic carbocycles. The SMILES string of the molecule is O=c1[nH]c(C2COc3ccccc3C2)ncc1I. The molecule has 4 nitrogen and oxygen atoms in total. The van der Waals surface area contributed by atoms with Crippen molar-refractivity contribution in [1.82, 2.24) is 9.97 Å². The first-order valence-corrected chi connectivity index (χ1v) is 6.77. The van der Waals surface area contributed by atoms with E-state index in [2.05, 4.69) is 9.97 Å². The Morgan fingerprint density at radius 2 is 2.22 bits per heavy atom. The molecule has 5 heteroatoms. The van der Waals surface area contributed by atoms with Gasteiger partial charge in [0.25, 0.3) is 5.56 Å². The van der Waals surface area contributed by atoms with E-state index in [1.54, 1.807) is 6.20 Å². The molecule has 1 aliphatic heterocycles. The van der Waals surface area contributed by atoms with Gasteiger partial charge in [-0.3, -0.25) is 4.79 Å². The van der Waals surface area contributed by atoms with E-state index in [9.17, 15) is 4.79 Å². The maximum atomic E-state index is 11.6. The van der Waals surface area contributed by atoms with Crippen LogP contribution < -0.4 is 10.3 Å². The summed E-state index contributed by atoms with van der Waals surface area (Å²) in [7, 11) is 0. The van der Waals surface area contributed by atoms with Crippen LogP contribution in [0.5, 0.6) is 5.75 Å². The van der Waals surface area contributed by atoms with E-state index in [0.29, 0.717) is 16.0 Å². The highest BCUT2D eigenvalue weighted by atomic mass is 127. The number of para-hydroxylation sites is 1. The van der Waals surface area contributed by atoms with Crippen LogP contribution in [0.1, 0.15) is 17.3 Å². The minimum absolute atomic E-state index is 0.0838. The second kappa shape index (κ2) is 4.72. The van der Waals surface area contributed by atoms with Crippen molar-refractivity contribution in [1.29, 1.82) is 0 Å². The van der Waals surface area contributed by atoms with Gasteiger partial charge in [0, 0.05) is 6.20 Å². The van der Waals surface area contributed by atoms with Gasteiger partial charge in [0.1, 0.15) is 11.6 Å². The lowest BCUT2D eigenvalue weighted by atomic mass is 9.96. The molecule has 0 bridgehead atoms. The minimum atomic E-state index is -0.0838. The maximum Gasteiger partial charge on any atom is 0.264 e. The Bertz CT molecular complexity index is 639. The quantitative estimate of drug-likeness (QED) is 0.798. The summed E-state index contributed by atoms with van der Waals surface area (Å²) in [5.74, 6) is 1.75. The number of H-pyrrole nitrogens is 1. The van der Waals surface area contributed by atoms with Gasteiger partial charge in [-0.2, -0.15) is 0 Å². The highest BCUT2D eigenvalue weighted by Crippen LogP contribution is 2.30. The van der Waals surface area contributed by atoms with Crippen LogP contribution in [0.4, 0.5) is 0 Å². The number of fused-ring (bicyclic) bond motifs is 1. The second-order valence-corrected chi connectivity index (χ2v) is 5.43. The third-order valence-electron chi connectivity index (χ3n) is 3.04. The fourth-order valence-electron chi connectivity index (χ4n) is 2.10. The van der Waals surface area contributed by atoms with Crippen molar-refractivity contribution in [3.63, 3.8) is 0 Å². The number of halogens is 1. The molecule has 3 rings (SSSR count). The third-order valence-corrected chi connectivity index (χ3v) is 3.81. The molecule has 1 atom stereocenters. The molecular formula is C13H11IN2O2. The monoisotopic (exact) mass is 354 g/mol. The molecule has 2 aromatic rings. The number of nitrogens with one attached hydrogen (secondary N) is 1. The Hall–Kier alpha value is -1.37. The Kier molecular flexibility index (Phi) is 3.07. The van der Waals surface area contributed by atoms with Gasteiger partial charge in [-0.05, 0) is 40.6 Å². The van der Waals surface area contributed by atoms with Gasteiger partial charge in [-0.1, -0.05) is 18.2 Å².